The third-order valence-electron chi connectivity index (χ3n) is 4.95. The van der Waals surface area contributed by atoms with Crippen LogP contribution >= 0.6 is 11.8 Å². The number of thioether (sulfide) groups is 1. The molecule has 146 valence electrons. The maximum Gasteiger partial charge on any atom is 0.337 e. The van der Waals surface area contributed by atoms with Crippen molar-refractivity contribution in [1.29, 1.82) is 0 Å². The highest BCUT2D eigenvalue weighted by Gasteiger charge is 2.29. The average Bonchev–Trinajstić information content (AvgIpc) is 2.91. The van der Waals surface area contributed by atoms with E-state index in [0.29, 0.717) is 18.5 Å². The molecule has 1 unspecified atom stereocenters. The van der Waals surface area contributed by atoms with Crippen molar-refractivity contribution in [2.24, 2.45) is 0 Å². The van der Waals surface area contributed by atoms with Crippen molar-refractivity contribution < 1.29 is 14.3 Å². The highest BCUT2D eigenvalue weighted by molar-refractivity contribution is 7.99. The molecule has 1 amide bonds. The number of carbonyl (C=O) groups is 2. The summed E-state index contributed by atoms with van der Waals surface area (Å²) in [6.45, 7) is 0.406. The Balaban J connectivity index is 1.67. The summed E-state index contributed by atoms with van der Waals surface area (Å²) in [4.78, 5) is 28.0. The van der Waals surface area contributed by atoms with Gasteiger partial charge in [-0.3, -0.25) is 4.79 Å². The first-order valence-electron chi connectivity index (χ1n) is 9.44. The van der Waals surface area contributed by atoms with E-state index in [1.165, 1.54) is 7.11 Å². The van der Waals surface area contributed by atoms with E-state index in [9.17, 15) is 9.59 Å². The number of rotatable bonds is 4. The van der Waals surface area contributed by atoms with E-state index in [1.54, 1.807) is 23.9 Å². The van der Waals surface area contributed by atoms with Gasteiger partial charge in [-0.25, -0.2) is 4.79 Å². The molecule has 0 aromatic heterocycles. The molecule has 0 saturated heterocycles. The Morgan fingerprint density at radius 2 is 1.79 bits per heavy atom. The van der Waals surface area contributed by atoms with E-state index in [4.69, 9.17) is 4.74 Å². The molecule has 5 heteroatoms. The zero-order valence-corrected chi connectivity index (χ0v) is 16.9. The zero-order valence-electron chi connectivity index (χ0n) is 16.1. The minimum absolute atomic E-state index is 0.0660. The molecule has 3 aromatic carbocycles. The van der Waals surface area contributed by atoms with Crippen molar-refractivity contribution in [3.63, 3.8) is 0 Å². The highest BCUT2D eigenvalue weighted by Crippen LogP contribution is 2.45. The van der Waals surface area contributed by atoms with E-state index in [2.05, 4.69) is 18.2 Å². The van der Waals surface area contributed by atoms with Gasteiger partial charge in [0.2, 0.25) is 5.91 Å². The number of nitrogens with zero attached hydrogens (tertiary/aromatic N) is 1. The van der Waals surface area contributed by atoms with Crippen LogP contribution in [0.15, 0.2) is 83.8 Å². The number of fused-ring (bicyclic) bond motifs is 1. The fourth-order valence-electron chi connectivity index (χ4n) is 3.50. The number of ether oxygens (including phenoxy) is 1. The van der Waals surface area contributed by atoms with Gasteiger partial charge in [0.15, 0.2) is 0 Å². The normalized spacial score (nSPS) is 16.1. The third kappa shape index (κ3) is 4.20. The zero-order chi connectivity index (χ0) is 20.2. The lowest BCUT2D eigenvalue weighted by molar-refractivity contribution is -0.118. The van der Waals surface area contributed by atoms with Gasteiger partial charge in [0.25, 0.3) is 0 Å². The molecular weight excluding hydrogens is 382 g/mol. The second-order valence-corrected chi connectivity index (χ2v) is 8.11. The third-order valence-corrected chi connectivity index (χ3v) is 6.27. The Morgan fingerprint density at radius 3 is 2.59 bits per heavy atom. The van der Waals surface area contributed by atoms with Crippen LogP contribution in [0.5, 0.6) is 0 Å². The number of anilines is 1. The van der Waals surface area contributed by atoms with Crippen molar-refractivity contribution in [3.05, 3.63) is 95.6 Å². The van der Waals surface area contributed by atoms with Gasteiger partial charge in [0, 0.05) is 16.6 Å². The van der Waals surface area contributed by atoms with Gasteiger partial charge in [-0.15, -0.1) is 11.8 Å². The molecular formula is C24H21NO3S. The molecule has 0 aliphatic carbocycles. The molecule has 1 aliphatic heterocycles. The van der Waals surface area contributed by atoms with Crippen molar-refractivity contribution in [2.75, 3.05) is 12.0 Å². The van der Waals surface area contributed by atoms with Gasteiger partial charge in [-0.1, -0.05) is 54.6 Å². The summed E-state index contributed by atoms with van der Waals surface area (Å²) in [6, 6.07) is 25.4. The number of amides is 1. The van der Waals surface area contributed by atoms with E-state index in [-0.39, 0.29) is 17.1 Å². The molecule has 0 spiro atoms. The van der Waals surface area contributed by atoms with Gasteiger partial charge in [0.05, 0.1) is 24.9 Å². The van der Waals surface area contributed by atoms with Crippen LogP contribution in [0.4, 0.5) is 5.69 Å². The molecule has 4 nitrogen and oxygen atoms in total. The monoisotopic (exact) mass is 403 g/mol. The summed E-state index contributed by atoms with van der Waals surface area (Å²) < 4.78 is 4.82. The van der Waals surface area contributed by atoms with Gasteiger partial charge in [0.1, 0.15) is 0 Å². The first kappa shape index (κ1) is 19.3. The Hall–Kier alpha value is -3.05. The van der Waals surface area contributed by atoms with E-state index in [0.717, 1.165) is 21.7 Å². The summed E-state index contributed by atoms with van der Waals surface area (Å²) in [7, 11) is 1.37. The Bertz CT molecular complexity index is 1040. The summed E-state index contributed by atoms with van der Waals surface area (Å²) in [5.74, 6) is -0.311. The minimum Gasteiger partial charge on any atom is -0.465 e. The Morgan fingerprint density at radius 1 is 1.03 bits per heavy atom. The molecule has 29 heavy (non-hydrogen) atoms. The first-order valence-corrected chi connectivity index (χ1v) is 10.3. The molecule has 1 atom stereocenters. The molecule has 0 fully saturated rings. The number of hydrogen-bond acceptors (Lipinski definition) is 4. The number of carbonyl (C=O) groups excluding carboxylic acids is 2. The van der Waals surface area contributed by atoms with Gasteiger partial charge < -0.3 is 9.64 Å². The molecule has 0 saturated carbocycles. The quantitative estimate of drug-likeness (QED) is 0.559. The lowest BCUT2D eigenvalue weighted by Crippen LogP contribution is -2.30. The number of para-hydroxylation sites is 1. The standard InChI is InChI=1S/C24H21NO3S/c1-28-24(27)19-11-7-8-17(14-19)16-25-20-12-5-6-13-21(20)29-22(15-23(25)26)18-9-3-2-4-10-18/h2-14,22H,15-16H2,1H3. The highest BCUT2D eigenvalue weighted by atomic mass is 32.2. The average molecular weight is 404 g/mol. The van der Waals surface area contributed by atoms with Gasteiger partial charge in [-0.05, 0) is 35.4 Å². The molecule has 3 aromatic rings. The fraction of sp³-hybridized carbons (Fsp3) is 0.167. The van der Waals surface area contributed by atoms with Crippen LogP contribution in [-0.2, 0) is 16.1 Å². The van der Waals surface area contributed by atoms with Crippen LogP contribution in [0.1, 0.15) is 33.2 Å². The molecule has 0 radical (unpaired) electrons. The Labute approximate surface area is 174 Å². The molecule has 4 rings (SSSR count). The topological polar surface area (TPSA) is 46.6 Å². The summed E-state index contributed by atoms with van der Waals surface area (Å²) in [5, 5.41) is 0.0660. The van der Waals surface area contributed by atoms with E-state index >= 15 is 0 Å². The fourth-order valence-corrected chi connectivity index (χ4v) is 4.78. The van der Waals surface area contributed by atoms with Crippen molar-refractivity contribution >= 4 is 29.3 Å². The molecule has 1 aliphatic rings. The predicted molar refractivity (Wildman–Crippen MR) is 115 cm³/mol. The van der Waals surface area contributed by atoms with Crippen LogP contribution in [0, 0.1) is 0 Å². The maximum atomic E-state index is 13.3. The van der Waals surface area contributed by atoms with Crippen molar-refractivity contribution in [1.82, 2.24) is 0 Å². The minimum atomic E-state index is -0.380. The largest absolute Gasteiger partial charge is 0.465 e. The van der Waals surface area contributed by atoms with E-state index < -0.39 is 0 Å². The lowest BCUT2D eigenvalue weighted by atomic mass is 10.1. The Kier molecular flexibility index (Phi) is 5.67. The molecule has 0 N–H and O–H groups in total. The second-order valence-electron chi connectivity index (χ2n) is 6.86. The van der Waals surface area contributed by atoms with Crippen LogP contribution in [0.25, 0.3) is 0 Å². The number of benzene rings is 3. The van der Waals surface area contributed by atoms with E-state index in [1.807, 2.05) is 53.4 Å². The van der Waals surface area contributed by atoms with Crippen LogP contribution in [-0.4, -0.2) is 19.0 Å². The number of esters is 1. The first-order chi connectivity index (χ1) is 14.2. The smallest absolute Gasteiger partial charge is 0.337 e. The van der Waals surface area contributed by atoms with Crippen molar-refractivity contribution in [2.45, 2.75) is 23.1 Å². The number of methoxy groups -OCH3 is 1. The maximum absolute atomic E-state index is 13.3. The van der Waals surface area contributed by atoms with Gasteiger partial charge in [-0.2, -0.15) is 0 Å². The predicted octanol–water partition coefficient (Wildman–Crippen LogP) is 5.24. The number of hydrogen-bond donors (Lipinski definition) is 0. The van der Waals surface area contributed by atoms with Crippen molar-refractivity contribution in [3.8, 4) is 0 Å². The SMILES string of the molecule is COC(=O)c1cccc(CN2C(=O)CC(c3ccccc3)Sc3ccccc32)c1. The summed E-state index contributed by atoms with van der Waals surface area (Å²) in [5.41, 5.74) is 3.43. The summed E-state index contributed by atoms with van der Waals surface area (Å²) >= 11 is 1.72. The van der Waals surface area contributed by atoms with Crippen LogP contribution in [0.3, 0.4) is 0 Å². The van der Waals surface area contributed by atoms with Crippen LogP contribution < -0.4 is 4.90 Å². The summed E-state index contributed by atoms with van der Waals surface area (Å²) in [6.07, 6.45) is 0.417. The lowest BCUT2D eigenvalue weighted by Gasteiger charge is -2.23. The second kappa shape index (κ2) is 8.53. The molecule has 0 bridgehead atoms. The van der Waals surface area contributed by atoms with Crippen LogP contribution in [0.2, 0.25) is 0 Å². The van der Waals surface area contributed by atoms with Gasteiger partial charge >= 0.3 is 5.97 Å². The molecule has 1 heterocycles.